The van der Waals surface area contributed by atoms with Gasteiger partial charge < -0.3 is 5.32 Å². The Kier molecular flexibility index (Phi) is 5.66. The quantitative estimate of drug-likeness (QED) is 0.598. The molecule has 1 aliphatic heterocycles. The summed E-state index contributed by atoms with van der Waals surface area (Å²) in [6.07, 6.45) is 2.40. The van der Waals surface area contributed by atoms with Gasteiger partial charge in [-0.05, 0) is 44.5 Å². The number of rotatable bonds is 7. The van der Waals surface area contributed by atoms with Crippen LogP contribution >= 0.6 is 0 Å². The maximum atomic E-state index is 12.4. The van der Waals surface area contributed by atoms with Gasteiger partial charge in [0.05, 0.1) is 29.1 Å². The number of carbonyl (C=O) groups is 3. The topological polar surface area (TPSA) is 84.3 Å². The van der Waals surface area contributed by atoms with Crippen LogP contribution in [-0.2, 0) is 4.79 Å². The molecule has 3 amide bonds. The number of amides is 3. The highest BCUT2D eigenvalue weighted by atomic mass is 16.2. The van der Waals surface area contributed by atoms with Gasteiger partial charge in [0.25, 0.3) is 11.8 Å². The van der Waals surface area contributed by atoms with Gasteiger partial charge in [0.15, 0.2) is 0 Å². The molecule has 1 N–H and O–H groups in total. The molecule has 7 nitrogen and oxygen atoms in total. The van der Waals surface area contributed by atoms with Gasteiger partial charge in [0, 0.05) is 24.2 Å². The Labute approximate surface area is 180 Å². The van der Waals surface area contributed by atoms with Crippen LogP contribution < -0.4 is 5.32 Å². The van der Waals surface area contributed by atoms with E-state index < -0.39 is 0 Å². The monoisotopic (exact) mass is 416 g/mol. The first-order valence-electron chi connectivity index (χ1n) is 10.3. The van der Waals surface area contributed by atoms with Crippen molar-refractivity contribution in [3.05, 3.63) is 83.2 Å². The Bertz CT molecular complexity index is 1100. The first-order valence-corrected chi connectivity index (χ1v) is 10.3. The highest BCUT2D eigenvalue weighted by molar-refractivity contribution is 6.21. The Balaban J connectivity index is 1.31. The summed E-state index contributed by atoms with van der Waals surface area (Å²) in [6.45, 7) is 4.11. The zero-order valence-electron chi connectivity index (χ0n) is 17.5. The predicted molar refractivity (Wildman–Crippen MR) is 116 cm³/mol. The normalized spacial score (nSPS) is 13.9. The van der Waals surface area contributed by atoms with E-state index in [2.05, 4.69) is 10.4 Å². The van der Waals surface area contributed by atoms with Gasteiger partial charge in [-0.1, -0.05) is 30.3 Å². The van der Waals surface area contributed by atoms with Gasteiger partial charge in [-0.25, -0.2) is 4.68 Å². The van der Waals surface area contributed by atoms with Gasteiger partial charge >= 0.3 is 0 Å². The molecule has 0 aliphatic carbocycles. The molecular formula is C24H24N4O3. The molecule has 0 saturated carbocycles. The second-order valence-electron chi connectivity index (χ2n) is 7.63. The smallest absolute Gasteiger partial charge is 0.261 e. The Morgan fingerprint density at radius 3 is 2.26 bits per heavy atom. The zero-order chi connectivity index (χ0) is 22.0. The third-order valence-corrected chi connectivity index (χ3v) is 5.56. The summed E-state index contributed by atoms with van der Waals surface area (Å²) in [4.78, 5) is 38.5. The van der Waals surface area contributed by atoms with Gasteiger partial charge in [0.2, 0.25) is 5.91 Å². The molecule has 3 aromatic rings. The van der Waals surface area contributed by atoms with E-state index in [1.807, 2.05) is 48.9 Å². The van der Waals surface area contributed by atoms with Crippen LogP contribution in [0.25, 0.3) is 5.69 Å². The van der Waals surface area contributed by atoms with Gasteiger partial charge in [0.1, 0.15) is 0 Å². The minimum Gasteiger partial charge on any atom is -0.349 e. The van der Waals surface area contributed by atoms with Crippen LogP contribution in [-0.4, -0.2) is 38.9 Å². The lowest BCUT2D eigenvalue weighted by Gasteiger charge is -2.16. The molecule has 7 heteroatoms. The van der Waals surface area contributed by atoms with Crippen molar-refractivity contribution in [2.75, 3.05) is 6.54 Å². The van der Waals surface area contributed by atoms with E-state index >= 15 is 0 Å². The number of aromatic nitrogens is 2. The average molecular weight is 416 g/mol. The second-order valence-corrected chi connectivity index (χ2v) is 7.63. The minimum atomic E-state index is -0.293. The lowest BCUT2D eigenvalue weighted by atomic mass is 10.1. The van der Waals surface area contributed by atoms with Crippen molar-refractivity contribution in [2.24, 2.45) is 0 Å². The molecule has 1 aliphatic rings. The number of nitrogens with one attached hydrogen (secondary N) is 1. The summed E-state index contributed by atoms with van der Waals surface area (Å²) in [5.41, 5.74) is 3.72. The van der Waals surface area contributed by atoms with Crippen molar-refractivity contribution in [3.8, 4) is 5.69 Å². The summed E-state index contributed by atoms with van der Waals surface area (Å²) >= 11 is 0. The van der Waals surface area contributed by atoms with E-state index in [1.54, 1.807) is 30.5 Å². The van der Waals surface area contributed by atoms with Crippen LogP contribution in [0.5, 0.6) is 0 Å². The van der Waals surface area contributed by atoms with Crippen molar-refractivity contribution in [3.63, 3.8) is 0 Å². The van der Waals surface area contributed by atoms with Crippen molar-refractivity contribution in [1.29, 1.82) is 0 Å². The summed E-state index contributed by atoms with van der Waals surface area (Å²) in [6, 6.07) is 16.4. The molecule has 2 aromatic carbocycles. The van der Waals surface area contributed by atoms with Crippen LogP contribution in [0.3, 0.4) is 0 Å². The highest BCUT2D eigenvalue weighted by Gasteiger charge is 2.34. The SMILES string of the molecule is Cc1c(C(C)NC(=O)CCCN2C(=O)c3ccccc3C2=O)cnn1-c1ccccc1. The number of fused-ring (bicyclic) bond motifs is 1. The van der Waals surface area contributed by atoms with E-state index in [0.29, 0.717) is 17.5 Å². The van der Waals surface area contributed by atoms with Crippen LogP contribution in [0.1, 0.15) is 57.8 Å². The molecule has 0 bridgehead atoms. The van der Waals surface area contributed by atoms with Crippen LogP contribution in [0.15, 0.2) is 60.8 Å². The molecule has 0 saturated heterocycles. The second kappa shape index (κ2) is 8.55. The van der Waals surface area contributed by atoms with Crippen molar-refractivity contribution in [1.82, 2.24) is 20.0 Å². The van der Waals surface area contributed by atoms with E-state index in [4.69, 9.17) is 0 Å². The molecular weight excluding hydrogens is 392 g/mol. The fraction of sp³-hybridized carbons (Fsp3) is 0.250. The first-order chi connectivity index (χ1) is 15.0. The molecule has 1 aromatic heterocycles. The van der Waals surface area contributed by atoms with Crippen molar-refractivity contribution in [2.45, 2.75) is 32.7 Å². The molecule has 1 unspecified atom stereocenters. The highest BCUT2D eigenvalue weighted by Crippen LogP contribution is 2.23. The summed E-state index contributed by atoms with van der Waals surface area (Å²) in [5, 5.41) is 7.44. The summed E-state index contributed by atoms with van der Waals surface area (Å²) in [5.74, 6) is -0.715. The maximum absolute atomic E-state index is 12.4. The molecule has 31 heavy (non-hydrogen) atoms. The van der Waals surface area contributed by atoms with Gasteiger partial charge in [-0.2, -0.15) is 5.10 Å². The Morgan fingerprint density at radius 1 is 1.00 bits per heavy atom. The number of hydrogen-bond donors (Lipinski definition) is 1. The molecule has 158 valence electrons. The number of para-hydroxylation sites is 1. The van der Waals surface area contributed by atoms with Gasteiger partial charge in [-0.3, -0.25) is 19.3 Å². The average Bonchev–Trinajstić information content (AvgIpc) is 3.28. The summed E-state index contributed by atoms with van der Waals surface area (Å²) < 4.78 is 1.85. The Morgan fingerprint density at radius 2 is 1.61 bits per heavy atom. The molecule has 0 spiro atoms. The summed E-state index contributed by atoms with van der Waals surface area (Å²) in [7, 11) is 0. The Hall–Kier alpha value is -3.74. The van der Waals surface area contributed by atoms with Crippen LogP contribution in [0.2, 0.25) is 0 Å². The molecule has 0 fully saturated rings. The number of benzene rings is 2. The van der Waals surface area contributed by atoms with Gasteiger partial charge in [-0.15, -0.1) is 0 Å². The van der Waals surface area contributed by atoms with E-state index in [9.17, 15) is 14.4 Å². The zero-order valence-corrected chi connectivity index (χ0v) is 17.5. The molecule has 1 atom stereocenters. The molecule has 2 heterocycles. The number of imide groups is 1. The number of carbonyl (C=O) groups excluding carboxylic acids is 3. The van der Waals surface area contributed by atoms with Crippen molar-refractivity contribution >= 4 is 17.7 Å². The minimum absolute atomic E-state index is 0.129. The molecule has 0 radical (unpaired) electrons. The third-order valence-electron chi connectivity index (χ3n) is 5.56. The van der Waals surface area contributed by atoms with Crippen LogP contribution in [0.4, 0.5) is 0 Å². The third kappa shape index (κ3) is 3.99. The van der Waals surface area contributed by atoms with E-state index in [-0.39, 0.29) is 36.7 Å². The van der Waals surface area contributed by atoms with E-state index in [0.717, 1.165) is 16.9 Å². The lowest BCUT2D eigenvalue weighted by molar-refractivity contribution is -0.121. The fourth-order valence-electron chi connectivity index (χ4n) is 3.91. The number of nitrogens with zero attached hydrogens (tertiary/aromatic N) is 3. The standard InChI is InChI=1S/C24H24N4O3/c1-16(21-15-25-28(17(21)2)18-9-4-3-5-10-18)26-22(29)13-8-14-27-23(30)19-11-6-7-12-20(19)24(27)31/h3-7,9-12,15-16H,8,13-14H2,1-2H3,(H,26,29). The first kappa shape index (κ1) is 20.5. The lowest BCUT2D eigenvalue weighted by Crippen LogP contribution is -2.32. The maximum Gasteiger partial charge on any atom is 0.261 e. The predicted octanol–water partition coefficient (Wildman–Crippen LogP) is 3.43. The number of hydrogen-bond acceptors (Lipinski definition) is 4. The molecule has 4 rings (SSSR count). The van der Waals surface area contributed by atoms with E-state index in [1.165, 1.54) is 4.90 Å². The van der Waals surface area contributed by atoms with Crippen LogP contribution in [0, 0.1) is 6.92 Å². The van der Waals surface area contributed by atoms with Crippen molar-refractivity contribution < 1.29 is 14.4 Å². The largest absolute Gasteiger partial charge is 0.349 e. The fourth-order valence-corrected chi connectivity index (χ4v) is 3.91.